The van der Waals surface area contributed by atoms with Crippen LogP contribution in [0.15, 0.2) is 48.5 Å². The molecule has 16 heavy (non-hydrogen) atoms. The lowest BCUT2D eigenvalue weighted by atomic mass is 10.0. The van der Waals surface area contributed by atoms with Gasteiger partial charge in [0.2, 0.25) is 0 Å². The topological polar surface area (TPSA) is 0 Å². The maximum atomic E-state index is 5.76. The molecule has 0 spiro atoms. The molecule has 0 heterocycles. The van der Waals surface area contributed by atoms with Crippen molar-refractivity contribution in [2.24, 2.45) is 0 Å². The second-order valence-electron chi connectivity index (χ2n) is 3.88. The van der Waals surface area contributed by atoms with Crippen molar-refractivity contribution in [2.75, 3.05) is 0 Å². The number of alkyl halides is 1. The Morgan fingerprint density at radius 1 is 0.750 bits per heavy atom. The molecule has 0 nitrogen and oxygen atoms in total. The van der Waals surface area contributed by atoms with Gasteiger partial charge in [-0.25, -0.2) is 0 Å². The summed E-state index contributed by atoms with van der Waals surface area (Å²) in [6, 6.07) is 17.1. The average molecular weight is 231 g/mol. The van der Waals surface area contributed by atoms with E-state index in [1.807, 2.05) is 0 Å². The van der Waals surface area contributed by atoms with Gasteiger partial charge in [-0.2, -0.15) is 0 Å². The highest BCUT2D eigenvalue weighted by molar-refractivity contribution is 6.17. The summed E-state index contributed by atoms with van der Waals surface area (Å²) in [5.74, 6) is 0.578. The molecular weight excluding hydrogens is 216 g/mol. The molecule has 2 aromatic carbocycles. The number of rotatable bonds is 3. The molecule has 0 bridgehead atoms. The van der Waals surface area contributed by atoms with Crippen molar-refractivity contribution in [2.45, 2.75) is 19.2 Å². The van der Waals surface area contributed by atoms with Gasteiger partial charge in [0.1, 0.15) is 0 Å². The summed E-state index contributed by atoms with van der Waals surface area (Å²) in [4.78, 5) is 0. The van der Waals surface area contributed by atoms with Crippen LogP contribution in [0.4, 0.5) is 0 Å². The summed E-state index contributed by atoms with van der Waals surface area (Å²) in [7, 11) is 0. The smallest absolute Gasteiger partial charge is 0.0474 e. The summed E-state index contributed by atoms with van der Waals surface area (Å²) in [5, 5.41) is 0. The fourth-order valence-electron chi connectivity index (χ4n) is 1.72. The van der Waals surface area contributed by atoms with E-state index in [2.05, 4.69) is 55.5 Å². The number of hydrogen-bond acceptors (Lipinski definition) is 0. The molecule has 1 heteroatoms. The molecule has 0 unspecified atom stereocenters. The van der Waals surface area contributed by atoms with E-state index in [1.165, 1.54) is 16.7 Å². The van der Waals surface area contributed by atoms with Crippen molar-refractivity contribution >= 4 is 11.6 Å². The quantitative estimate of drug-likeness (QED) is 0.673. The van der Waals surface area contributed by atoms with Gasteiger partial charge in [0.15, 0.2) is 0 Å². The van der Waals surface area contributed by atoms with E-state index >= 15 is 0 Å². The fourth-order valence-corrected chi connectivity index (χ4v) is 1.90. The molecule has 0 saturated heterocycles. The Bertz CT molecular complexity index is 394. The third kappa shape index (κ3) is 2.45. The first kappa shape index (κ1) is 11.2. The maximum absolute atomic E-state index is 5.76. The first-order valence-electron chi connectivity index (χ1n) is 5.57. The van der Waals surface area contributed by atoms with Gasteiger partial charge >= 0.3 is 0 Å². The molecule has 0 aliphatic heterocycles. The van der Waals surface area contributed by atoms with E-state index in [9.17, 15) is 0 Å². The second kappa shape index (κ2) is 5.18. The van der Waals surface area contributed by atoms with Gasteiger partial charge in [0.25, 0.3) is 0 Å². The van der Waals surface area contributed by atoms with Crippen molar-refractivity contribution in [3.05, 3.63) is 59.7 Å². The van der Waals surface area contributed by atoms with Gasteiger partial charge in [-0.05, 0) is 28.7 Å². The highest BCUT2D eigenvalue weighted by Gasteiger charge is 1.97. The molecule has 82 valence electrons. The maximum Gasteiger partial charge on any atom is 0.0474 e. The second-order valence-corrected chi connectivity index (χ2v) is 4.15. The van der Waals surface area contributed by atoms with Crippen molar-refractivity contribution in [1.82, 2.24) is 0 Å². The van der Waals surface area contributed by atoms with Gasteiger partial charge in [-0.1, -0.05) is 55.5 Å². The molecule has 0 amide bonds. The van der Waals surface area contributed by atoms with Crippen LogP contribution in [0.3, 0.4) is 0 Å². The normalized spacial score (nSPS) is 10.4. The van der Waals surface area contributed by atoms with Crippen molar-refractivity contribution < 1.29 is 0 Å². The molecule has 0 atom stereocenters. The van der Waals surface area contributed by atoms with Gasteiger partial charge in [-0.3, -0.25) is 0 Å². The molecule has 0 saturated carbocycles. The molecule has 2 aromatic rings. The largest absolute Gasteiger partial charge is 0.122 e. The van der Waals surface area contributed by atoms with Gasteiger partial charge in [0, 0.05) is 5.88 Å². The van der Waals surface area contributed by atoms with Gasteiger partial charge in [-0.15, -0.1) is 11.6 Å². The highest BCUT2D eigenvalue weighted by Crippen LogP contribution is 2.20. The fraction of sp³-hybridized carbons (Fsp3) is 0.200. The zero-order valence-electron chi connectivity index (χ0n) is 9.41. The molecule has 2 rings (SSSR count). The van der Waals surface area contributed by atoms with Crippen LogP contribution in [0.1, 0.15) is 18.1 Å². The molecule has 0 radical (unpaired) electrons. The van der Waals surface area contributed by atoms with Crippen LogP contribution in [0.5, 0.6) is 0 Å². The first-order valence-corrected chi connectivity index (χ1v) is 6.11. The third-order valence-corrected chi connectivity index (χ3v) is 3.11. The summed E-state index contributed by atoms with van der Waals surface area (Å²) < 4.78 is 0. The standard InChI is InChI=1S/C15H15Cl/c1-2-12-3-7-14(8-4-12)15-9-5-13(11-16)6-10-15/h3-10H,2,11H2,1H3. The Morgan fingerprint density at radius 3 is 1.56 bits per heavy atom. The minimum Gasteiger partial charge on any atom is -0.122 e. The Hall–Kier alpha value is -1.27. The third-order valence-electron chi connectivity index (χ3n) is 2.80. The summed E-state index contributed by atoms with van der Waals surface area (Å²) >= 11 is 5.76. The number of benzene rings is 2. The Kier molecular flexibility index (Phi) is 3.63. The van der Waals surface area contributed by atoms with Crippen LogP contribution < -0.4 is 0 Å². The van der Waals surface area contributed by atoms with Crippen LogP contribution in [-0.4, -0.2) is 0 Å². The zero-order chi connectivity index (χ0) is 11.4. The summed E-state index contributed by atoms with van der Waals surface area (Å²) in [5.41, 5.74) is 5.05. The average Bonchev–Trinajstić information content (AvgIpc) is 2.39. The van der Waals surface area contributed by atoms with Crippen molar-refractivity contribution in [3.8, 4) is 11.1 Å². The lowest BCUT2D eigenvalue weighted by Crippen LogP contribution is -1.82. The van der Waals surface area contributed by atoms with Gasteiger partial charge < -0.3 is 0 Å². The number of hydrogen-bond donors (Lipinski definition) is 0. The Balaban J connectivity index is 2.28. The van der Waals surface area contributed by atoms with E-state index in [0.29, 0.717) is 5.88 Å². The minimum absolute atomic E-state index is 0.578. The summed E-state index contributed by atoms with van der Waals surface area (Å²) in [6.45, 7) is 2.17. The molecule has 0 N–H and O–H groups in total. The van der Waals surface area contributed by atoms with Gasteiger partial charge in [0.05, 0.1) is 0 Å². The van der Waals surface area contributed by atoms with E-state index in [4.69, 9.17) is 11.6 Å². The lowest BCUT2D eigenvalue weighted by Gasteiger charge is -2.04. The molecule has 0 aromatic heterocycles. The molecule has 0 aliphatic rings. The Labute approximate surface area is 102 Å². The lowest BCUT2D eigenvalue weighted by molar-refractivity contribution is 1.14. The predicted molar refractivity (Wildman–Crippen MR) is 70.8 cm³/mol. The SMILES string of the molecule is CCc1ccc(-c2ccc(CCl)cc2)cc1. The van der Waals surface area contributed by atoms with E-state index < -0.39 is 0 Å². The predicted octanol–water partition coefficient (Wildman–Crippen LogP) is 4.65. The molecule has 0 aliphatic carbocycles. The van der Waals surface area contributed by atoms with Crippen molar-refractivity contribution in [3.63, 3.8) is 0 Å². The van der Waals surface area contributed by atoms with Crippen LogP contribution in [0, 0.1) is 0 Å². The van der Waals surface area contributed by atoms with Crippen molar-refractivity contribution in [1.29, 1.82) is 0 Å². The summed E-state index contributed by atoms with van der Waals surface area (Å²) in [6.07, 6.45) is 1.09. The number of aryl methyl sites for hydroxylation is 1. The zero-order valence-corrected chi connectivity index (χ0v) is 10.2. The number of halogens is 1. The molecule has 0 fully saturated rings. The molecular formula is C15H15Cl. The van der Waals surface area contributed by atoms with Crippen LogP contribution in [-0.2, 0) is 12.3 Å². The Morgan fingerprint density at radius 2 is 1.19 bits per heavy atom. The van der Waals surface area contributed by atoms with Crippen LogP contribution in [0.25, 0.3) is 11.1 Å². The first-order chi connectivity index (χ1) is 7.83. The monoisotopic (exact) mass is 230 g/mol. The van der Waals surface area contributed by atoms with Crippen LogP contribution >= 0.6 is 11.6 Å². The highest BCUT2D eigenvalue weighted by atomic mass is 35.5. The van der Waals surface area contributed by atoms with Crippen LogP contribution in [0.2, 0.25) is 0 Å². The van der Waals surface area contributed by atoms with E-state index in [-0.39, 0.29) is 0 Å². The van der Waals surface area contributed by atoms with E-state index in [1.54, 1.807) is 0 Å². The minimum atomic E-state index is 0.578. The van der Waals surface area contributed by atoms with E-state index in [0.717, 1.165) is 12.0 Å².